The summed E-state index contributed by atoms with van der Waals surface area (Å²) in [5, 5.41) is 2.82. The molecule has 1 aliphatic rings. The lowest BCUT2D eigenvalue weighted by molar-refractivity contribution is -0.141. The van der Waals surface area contributed by atoms with Crippen LogP contribution in [0.3, 0.4) is 0 Å². The number of hydrogen-bond acceptors (Lipinski definition) is 6. The summed E-state index contributed by atoms with van der Waals surface area (Å²) >= 11 is 5.88. The molecular weight excluding hydrogens is 560 g/mol. The molecule has 1 fully saturated rings. The molecule has 1 aliphatic heterocycles. The highest BCUT2D eigenvalue weighted by Gasteiger charge is 2.34. The molecule has 0 atom stereocenters. The van der Waals surface area contributed by atoms with E-state index in [4.69, 9.17) is 17.3 Å². The summed E-state index contributed by atoms with van der Waals surface area (Å²) in [6, 6.07) is 12.5. The third-order valence-electron chi connectivity index (χ3n) is 6.62. The summed E-state index contributed by atoms with van der Waals surface area (Å²) < 4.78 is 53.7. The van der Waals surface area contributed by atoms with Crippen molar-refractivity contribution in [1.29, 1.82) is 0 Å². The molecule has 0 aliphatic carbocycles. The zero-order valence-corrected chi connectivity index (χ0v) is 22.6. The number of amides is 1. The van der Waals surface area contributed by atoms with Gasteiger partial charge in [-0.05, 0) is 61.3 Å². The van der Waals surface area contributed by atoms with E-state index in [0.29, 0.717) is 38.2 Å². The Morgan fingerprint density at radius 2 is 1.85 bits per heavy atom. The zero-order chi connectivity index (χ0) is 29.6. The van der Waals surface area contributed by atoms with Crippen molar-refractivity contribution in [3.8, 4) is 0 Å². The van der Waals surface area contributed by atoms with Crippen molar-refractivity contribution in [2.24, 2.45) is 10.7 Å². The Bertz CT molecular complexity index is 1460. The highest BCUT2D eigenvalue weighted by Crippen LogP contribution is 2.36. The average molecular weight is 587 g/mol. The van der Waals surface area contributed by atoms with Crippen molar-refractivity contribution < 1.29 is 22.4 Å². The van der Waals surface area contributed by atoms with E-state index in [2.05, 4.69) is 31.8 Å². The number of rotatable bonds is 8. The maximum atomic E-state index is 13.5. The normalized spacial score (nSPS) is 15.3. The van der Waals surface area contributed by atoms with Crippen molar-refractivity contribution in [1.82, 2.24) is 14.9 Å². The van der Waals surface area contributed by atoms with Crippen molar-refractivity contribution in [3.05, 3.63) is 107 Å². The van der Waals surface area contributed by atoms with Crippen LogP contribution >= 0.6 is 11.6 Å². The second-order valence-electron chi connectivity index (χ2n) is 9.45. The van der Waals surface area contributed by atoms with E-state index in [1.54, 1.807) is 0 Å². The number of likely N-dealkylation sites (tertiary alicyclic amines) is 1. The number of allylic oxidation sites excluding steroid dienone is 1. The van der Waals surface area contributed by atoms with Crippen molar-refractivity contribution >= 4 is 35.1 Å². The van der Waals surface area contributed by atoms with E-state index in [1.165, 1.54) is 24.4 Å². The van der Waals surface area contributed by atoms with Gasteiger partial charge < -0.3 is 11.1 Å². The number of anilines is 1. The topological polar surface area (TPSA) is 96.5 Å². The molecule has 0 saturated carbocycles. The first-order valence-corrected chi connectivity index (χ1v) is 13.0. The molecule has 41 heavy (non-hydrogen) atoms. The van der Waals surface area contributed by atoms with Crippen LogP contribution in [-0.4, -0.2) is 40.1 Å². The fourth-order valence-corrected chi connectivity index (χ4v) is 4.64. The Labute approximate surface area is 239 Å². The van der Waals surface area contributed by atoms with E-state index in [1.807, 2.05) is 24.3 Å². The van der Waals surface area contributed by atoms with Gasteiger partial charge in [0.25, 0.3) is 5.91 Å². The van der Waals surface area contributed by atoms with E-state index in [-0.39, 0.29) is 28.0 Å². The second kappa shape index (κ2) is 13.0. The van der Waals surface area contributed by atoms with Gasteiger partial charge in [0.1, 0.15) is 10.8 Å². The Kier molecular flexibility index (Phi) is 9.51. The number of aromatic nitrogens is 2. The molecule has 12 heteroatoms. The van der Waals surface area contributed by atoms with Crippen LogP contribution in [0.4, 0.5) is 23.2 Å². The lowest BCUT2D eigenvalue weighted by atomic mass is 9.91. The molecular formula is C29H27ClF4N6O. The maximum absolute atomic E-state index is 13.5. The predicted molar refractivity (Wildman–Crippen MR) is 151 cm³/mol. The molecule has 1 aromatic carbocycles. The number of carbonyl (C=O) groups excluding carboxylic acids is 1. The van der Waals surface area contributed by atoms with Gasteiger partial charge in [0.2, 0.25) is 0 Å². The summed E-state index contributed by atoms with van der Waals surface area (Å²) in [4.78, 5) is 26.7. The zero-order valence-electron chi connectivity index (χ0n) is 21.8. The van der Waals surface area contributed by atoms with E-state index >= 15 is 0 Å². The Hall–Kier alpha value is -4.09. The first-order chi connectivity index (χ1) is 19.5. The molecule has 2 aromatic heterocycles. The number of benzene rings is 1. The summed E-state index contributed by atoms with van der Waals surface area (Å²) in [6.07, 6.45) is -0.328. The molecule has 0 bridgehead atoms. The maximum Gasteiger partial charge on any atom is 0.433 e. The van der Waals surface area contributed by atoms with Gasteiger partial charge in [-0.1, -0.05) is 42.4 Å². The minimum atomic E-state index is -4.62. The largest absolute Gasteiger partial charge is 0.433 e. The minimum absolute atomic E-state index is 0.124. The highest BCUT2D eigenvalue weighted by molar-refractivity contribution is 6.29. The molecule has 0 radical (unpaired) electrons. The van der Waals surface area contributed by atoms with Gasteiger partial charge in [-0.25, -0.2) is 14.4 Å². The number of nitrogens with two attached hydrogens (primary N) is 1. The van der Waals surface area contributed by atoms with Crippen molar-refractivity contribution in [3.63, 3.8) is 0 Å². The van der Waals surface area contributed by atoms with Gasteiger partial charge in [0.15, 0.2) is 5.83 Å². The number of carbonyl (C=O) groups is 1. The highest BCUT2D eigenvalue weighted by atomic mass is 35.5. The number of hydrogen-bond donors (Lipinski definition) is 2. The predicted octanol–water partition coefficient (Wildman–Crippen LogP) is 6.59. The van der Waals surface area contributed by atoms with Gasteiger partial charge in [-0.3, -0.25) is 14.7 Å². The van der Waals surface area contributed by atoms with Gasteiger partial charge >= 0.3 is 6.18 Å². The number of nitrogens with one attached hydrogen (secondary N) is 1. The van der Waals surface area contributed by atoms with Crippen LogP contribution in [-0.2, 0) is 12.7 Å². The summed E-state index contributed by atoms with van der Waals surface area (Å²) in [5.41, 5.74) is 6.89. The first-order valence-electron chi connectivity index (χ1n) is 12.7. The Balaban J connectivity index is 1.43. The summed E-state index contributed by atoms with van der Waals surface area (Å²) in [7, 11) is 0. The van der Waals surface area contributed by atoms with Crippen molar-refractivity contribution in [2.75, 3.05) is 18.4 Å². The van der Waals surface area contributed by atoms with E-state index in [9.17, 15) is 22.4 Å². The number of pyridine rings is 2. The number of piperidine rings is 1. The molecule has 7 nitrogen and oxygen atoms in total. The van der Waals surface area contributed by atoms with Gasteiger partial charge in [0.05, 0.1) is 23.3 Å². The SMILES string of the molecule is C=C(N=C/C(F)=C\N)c1ccc(CN2CCC(c3nc(C(F)(F)F)ccc3NC(=O)c3ccnc(Cl)c3)CC2)cc1. The molecule has 3 heterocycles. The molecule has 3 N–H and O–H groups in total. The smallest absolute Gasteiger partial charge is 0.402 e. The summed E-state index contributed by atoms with van der Waals surface area (Å²) in [6.45, 7) is 5.71. The van der Waals surface area contributed by atoms with Crippen molar-refractivity contribution in [2.45, 2.75) is 31.5 Å². The van der Waals surface area contributed by atoms with Crippen LogP contribution in [0.15, 0.2) is 78.3 Å². The molecule has 214 valence electrons. The van der Waals surface area contributed by atoms with Crippen LogP contribution < -0.4 is 11.1 Å². The van der Waals surface area contributed by atoms with Crippen LogP contribution in [0.1, 0.15) is 51.6 Å². The molecule has 0 spiro atoms. The number of halogens is 5. The fourth-order valence-electron chi connectivity index (χ4n) is 4.47. The molecule has 0 unspecified atom stereocenters. The van der Waals surface area contributed by atoms with E-state index < -0.39 is 23.6 Å². The first kappa shape index (κ1) is 29.9. The summed E-state index contributed by atoms with van der Waals surface area (Å²) in [5.74, 6) is -1.47. The molecule has 3 aromatic rings. The lowest BCUT2D eigenvalue weighted by Gasteiger charge is -2.32. The average Bonchev–Trinajstić information content (AvgIpc) is 2.96. The quantitative estimate of drug-likeness (QED) is 0.176. The van der Waals surface area contributed by atoms with Crippen LogP contribution in [0, 0.1) is 0 Å². The van der Waals surface area contributed by atoms with Gasteiger partial charge in [-0.2, -0.15) is 13.2 Å². The standard InChI is InChI=1S/C29H27ClF4N6O/c1-18(37-16-23(31)15-35)20-4-2-19(3-5-20)17-40-12-9-21(10-13-40)27-24(6-7-25(39-27)29(32,33)34)38-28(41)22-8-11-36-26(30)14-22/h2-8,11,14-16,21H,1,9-10,12-13,17,35H2,(H,38,41)/b23-15+,37-16?. The number of alkyl halides is 3. The van der Waals surface area contributed by atoms with Crippen LogP contribution in [0.25, 0.3) is 5.70 Å². The minimum Gasteiger partial charge on any atom is -0.402 e. The van der Waals surface area contributed by atoms with E-state index in [0.717, 1.165) is 29.6 Å². The third kappa shape index (κ3) is 7.99. The number of nitrogens with zero attached hydrogens (tertiary/aromatic N) is 4. The van der Waals surface area contributed by atoms with Gasteiger partial charge in [-0.15, -0.1) is 0 Å². The Morgan fingerprint density at radius 1 is 1.15 bits per heavy atom. The fraction of sp³-hybridized carbons (Fsp3) is 0.241. The monoisotopic (exact) mass is 586 g/mol. The lowest BCUT2D eigenvalue weighted by Crippen LogP contribution is -2.33. The van der Waals surface area contributed by atoms with Gasteiger partial charge in [0, 0.05) is 30.4 Å². The second-order valence-corrected chi connectivity index (χ2v) is 9.84. The third-order valence-corrected chi connectivity index (χ3v) is 6.83. The number of aliphatic imine (C=N–C) groups is 1. The molecule has 1 saturated heterocycles. The van der Waals surface area contributed by atoms with Crippen LogP contribution in [0.5, 0.6) is 0 Å². The molecule has 4 rings (SSSR count). The molecule has 1 amide bonds. The Morgan fingerprint density at radius 3 is 2.49 bits per heavy atom. The van der Waals surface area contributed by atoms with Crippen LogP contribution in [0.2, 0.25) is 5.15 Å².